The van der Waals surface area contributed by atoms with E-state index in [1.165, 1.54) is 0 Å². The number of nitrogens with one attached hydrogen (secondary N) is 1. The van der Waals surface area contributed by atoms with Crippen LogP contribution in [0.3, 0.4) is 0 Å². The van der Waals surface area contributed by atoms with Crippen LogP contribution in [0.5, 0.6) is 0 Å². The molecule has 2 atom stereocenters. The van der Waals surface area contributed by atoms with Crippen molar-refractivity contribution in [1.82, 2.24) is 5.32 Å². The molecule has 0 bridgehead atoms. The first-order valence-corrected chi connectivity index (χ1v) is 6.35. The number of nitriles is 1. The van der Waals surface area contributed by atoms with Gasteiger partial charge in [0.05, 0.1) is 18.2 Å². The van der Waals surface area contributed by atoms with Crippen molar-refractivity contribution >= 4 is 5.69 Å². The van der Waals surface area contributed by atoms with Crippen LogP contribution in [0.15, 0.2) is 24.3 Å². The van der Waals surface area contributed by atoms with Gasteiger partial charge < -0.3 is 15.3 Å². The third kappa shape index (κ3) is 3.00. The van der Waals surface area contributed by atoms with Crippen molar-refractivity contribution in [1.29, 1.82) is 5.26 Å². The summed E-state index contributed by atoms with van der Waals surface area (Å²) in [6, 6.07) is 10.3. The van der Waals surface area contributed by atoms with Gasteiger partial charge in [-0.05, 0) is 31.5 Å². The monoisotopic (exact) mass is 245 g/mol. The molecule has 0 saturated carbocycles. The summed E-state index contributed by atoms with van der Waals surface area (Å²) in [7, 11) is 0. The van der Waals surface area contributed by atoms with Crippen molar-refractivity contribution in [2.75, 3.05) is 24.6 Å². The van der Waals surface area contributed by atoms with Crippen LogP contribution in [0, 0.1) is 11.3 Å². The highest BCUT2D eigenvalue weighted by Gasteiger charge is 2.20. The zero-order valence-electron chi connectivity index (χ0n) is 10.6. The van der Waals surface area contributed by atoms with Crippen LogP contribution in [-0.4, -0.2) is 36.9 Å². The molecule has 1 aromatic rings. The number of aliphatic hydroxyl groups excluding tert-OH is 1. The summed E-state index contributed by atoms with van der Waals surface area (Å²) >= 11 is 0. The number of anilines is 1. The summed E-state index contributed by atoms with van der Waals surface area (Å²) in [5.74, 6) is 0. The highest BCUT2D eigenvalue weighted by atomic mass is 16.3. The Labute approximate surface area is 108 Å². The molecule has 4 heteroatoms. The van der Waals surface area contributed by atoms with Crippen molar-refractivity contribution in [2.24, 2.45) is 0 Å². The van der Waals surface area contributed by atoms with Gasteiger partial charge in [-0.3, -0.25) is 0 Å². The van der Waals surface area contributed by atoms with Gasteiger partial charge in [0.15, 0.2) is 0 Å². The van der Waals surface area contributed by atoms with Gasteiger partial charge in [0, 0.05) is 30.9 Å². The molecule has 1 saturated heterocycles. The second-order valence-electron chi connectivity index (χ2n) is 4.84. The molecule has 0 radical (unpaired) electrons. The number of aliphatic hydroxyl groups is 1. The number of benzene rings is 1. The Balaban J connectivity index is 2.18. The van der Waals surface area contributed by atoms with E-state index in [0.717, 1.165) is 25.2 Å². The molecule has 1 aliphatic heterocycles. The van der Waals surface area contributed by atoms with Crippen molar-refractivity contribution in [2.45, 2.75) is 25.4 Å². The summed E-state index contributed by atoms with van der Waals surface area (Å²) in [5, 5.41) is 21.7. The molecule has 1 aliphatic rings. The predicted octanol–water partition coefficient (Wildman–Crippen LogP) is 1.11. The largest absolute Gasteiger partial charge is 0.395 e. The van der Waals surface area contributed by atoms with E-state index in [-0.39, 0.29) is 12.6 Å². The second-order valence-corrected chi connectivity index (χ2v) is 4.84. The first-order chi connectivity index (χ1) is 8.72. The number of rotatable bonds is 2. The summed E-state index contributed by atoms with van der Waals surface area (Å²) in [5.41, 5.74) is 1.74. The molecule has 0 spiro atoms. The van der Waals surface area contributed by atoms with E-state index >= 15 is 0 Å². The van der Waals surface area contributed by atoms with Gasteiger partial charge >= 0.3 is 0 Å². The zero-order chi connectivity index (χ0) is 13.0. The zero-order valence-corrected chi connectivity index (χ0v) is 10.6. The lowest BCUT2D eigenvalue weighted by Crippen LogP contribution is -2.42. The number of nitrogens with zero attached hydrogens (tertiary/aromatic N) is 2. The lowest BCUT2D eigenvalue weighted by atomic mass is 10.2. The molecule has 1 heterocycles. The van der Waals surface area contributed by atoms with E-state index < -0.39 is 0 Å². The van der Waals surface area contributed by atoms with Gasteiger partial charge in [-0.2, -0.15) is 5.26 Å². The minimum atomic E-state index is 0.0910. The van der Waals surface area contributed by atoms with Crippen LogP contribution >= 0.6 is 0 Å². The Morgan fingerprint density at radius 3 is 3.11 bits per heavy atom. The predicted molar refractivity (Wildman–Crippen MR) is 71.5 cm³/mol. The summed E-state index contributed by atoms with van der Waals surface area (Å²) in [4.78, 5) is 2.23. The molecule has 0 amide bonds. The normalized spacial score (nSPS) is 24.4. The van der Waals surface area contributed by atoms with Gasteiger partial charge in [0.25, 0.3) is 0 Å². The van der Waals surface area contributed by atoms with Crippen LogP contribution in [0.4, 0.5) is 5.69 Å². The van der Waals surface area contributed by atoms with E-state index in [1.54, 1.807) is 0 Å². The summed E-state index contributed by atoms with van der Waals surface area (Å²) < 4.78 is 0. The third-order valence-corrected chi connectivity index (χ3v) is 3.35. The molecule has 1 aromatic carbocycles. The van der Waals surface area contributed by atoms with Gasteiger partial charge in [0.2, 0.25) is 0 Å². The van der Waals surface area contributed by atoms with E-state index in [4.69, 9.17) is 5.26 Å². The fourth-order valence-corrected chi connectivity index (χ4v) is 2.36. The molecule has 0 aliphatic carbocycles. The van der Waals surface area contributed by atoms with Crippen LogP contribution in [-0.2, 0) is 0 Å². The maximum absolute atomic E-state index is 9.36. The average molecular weight is 245 g/mol. The lowest BCUT2D eigenvalue weighted by molar-refractivity contribution is 0.240. The average Bonchev–Trinajstić information content (AvgIpc) is 2.60. The molecule has 1 fully saturated rings. The quantitative estimate of drug-likeness (QED) is 0.819. The van der Waals surface area contributed by atoms with Crippen molar-refractivity contribution < 1.29 is 5.11 Å². The molecule has 96 valence electrons. The van der Waals surface area contributed by atoms with Gasteiger partial charge in [-0.15, -0.1) is 0 Å². The maximum atomic E-state index is 9.36. The highest BCUT2D eigenvalue weighted by molar-refractivity contribution is 5.51. The first kappa shape index (κ1) is 12.9. The Morgan fingerprint density at radius 2 is 2.39 bits per heavy atom. The Kier molecular flexibility index (Phi) is 4.19. The smallest absolute Gasteiger partial charge is 0.0992 e. The third-order valence-electron chi connectivity index (χ3n) is 3.35. The SMILES string of the molecule is CC1CCN(c2cccc(C#N)c2)CC(CO)N1. The first-order valence-electron chi connectivity index (χ1n) is 6.35. The summed E-state index contributed by atoms with van der Waals surface area (Å²) in [6.07, 6.45) is 1.04. The summed E-state index contributed by atoms with van der Waals surface area (Å²) in [6.45, 7) is 3.99. The second kappa shape index (κ2) is 5.85. The number of hydrogen-bond donors (Lipinski definition) is 2. The van der Waals surface area contributed by atoms with Gasteiger partial charge in [-0.25, -0.2) is 0 Å². The van der Waals surface area contributed by atoms with Crippen molar-refractivity contribution in [3.05, 3.63) is 29.8 Å². The number of hydrogen-bond acceptors (Lipinski definition) is 4. The Bertz CT molecular complexity index is 441. The molecule has 4 nitrogen and oxygen atoms in total. The highest BCUT2D eigenvalue weighted by Crippen LogP contribution is 2.18. The minimum absolute atomic E-state index is 0.0910. The standard InChI is InChI=1S/C14H19N3O/c1-11-5-6-17(9-13(10-18)16-11)14-4-2-3-12(7-14)8-15/h2-4,7,11,13,16,18H,5-6,9-10H2,1H3. The van der Waals surface area contributed by atoms with Crippen LogP contribution in [0.1, 0.15) is 18.9 Å². The van der Waals surface area contributed by atoms with E-state index in [9.17, 15) is 5.11 Å². The molecule has 2 unspecified atom stereocenters. The van der Waals surface area contributed by atoms with Crippen molar-refractivity contribution in [3.8, 4) is 6.07 Å². The van der Waals surface area contributed by atoms with Gasteiger partial charge in [0.1, 0.15) is 0 Å². The molecule has 2 N–H and O–H groups in total. The Morgan fingerprint density at radius 1 is 1.56 bits per heavy atom. The van der Waals surface area contributed by atoms with Crippen LogP contribution in [0.2, 0.25) is 0 Å². The fraction of sp³-hybridized carbons (Fsp3) is 0.500. The fourth-order valence-electron chi connectivity index (χ4n) is 2.36. The lowest BCUT2D eigenvalue weighted by Gasteiger charge is -2.25. The molecule has 2 rings (SSSR count). The topological polar surface area (TPSA) is 59.3 Å². The molecular formula is C14H19N3O. The van der Waals surface area contributed by atoms with Crippen LogP contribution in [0.25, 0.3) is 0 Å². The maximum Gasteiger partial charge on any atom is 0.0992 e. The van der Waals surface area contributed by atoms with E-state index in [2.05, 4.69) is 23.2 Å². The minimum Gasteiger partial charge on any atom is -0.395 e. The molecule has 18 heavy (non-hydrogen) atoms. The van der Waals surface area contributed by atoms with E-state index in [0.29, 0.717) is 11.6 Å². The Hall–Kier alpha value is -1.57. The van der Waals surface area contributed by atoms with Crippen LogP contribution < -0.4 is 10.2 Å². The van der Waals surface area contributed by atoms with E-state index in [1.807, 2.05) is 24.3 Å². The van der Waals surface area contributed by atoms with Crippen molar-refractivity contribution in [3.63, 3.8) is 0 Å². The molecular weight excluding hydrogens is 226 g/mol. The van der Waals surface area contributed by atoms with Gasteiger partial charge in [-0.1, -0.05) is 6.07 Å². The molecule has 0 aromatic heterocycles.